The van der Waals surface area contributed by atoms with Gasteiger partial charge in [-0.1, -0.05) is 43.2 Å². The Bertz CT molecular complexity index is 1600. The first-order valence-electron chi connectivity index (χ1n) is 13.8. The monoisotopic (exact) mass is 594 g/mol. The molecule has 1 fully saturated rings. The number of sulfonamides is 1. The van der Waals surface area contributed by atoms with Gasteiger partial charge in [0.05, 0.1) is 10.4 Å². The van der Waals surface area contributed by atoms with Gasteiger partial charge in [0, 0.05) is 22.6 Å². The molecule has 1 aliphatic carbocycles. The van der Waals surface area contributed by atoms with Crippen LogP contribution in [0.2, 0.25) is 0 Å². The molecule has 12 heteroatoms. The molecule has 0 bridgehead atoms. The summed E-state index contributed by atoms with van der Waals surface area (Å²) in [6.07, 6.45) is 4.55. The molecule has 0 aliphatic heterocycles. The van der Waals surface area contributed by atoms with Crippen molar-refractivity contribution in [1.82, 2.24) is 25.0 Å². The summed E-state index contributed by atoms with van der Waals surface area (Å²) >= 11 is 1.39. The number of amides is 2. The van der Waals surface area contributed by atoms with Crippen LogP contribution in [0.25, 0.3) is 11.0 Å². The molecule has 0 unspecified atom stereocenters. The van der Waals surface area contributed by atoms with Crippen LogP contribution in [0.3, 0.4) is 0 Å². The van der Waals surface area contributed by atoms with E-state index in [1.165, 1.54) is 33.1 Å². The number of thiophene rings is 1. The van der Waals surface area contributed by atoms with Gasteiger partial charge < -0.3 is 5.32 Å². The van der Waals surface area contributed by atoms with Crippen LogP contribution in [0, 0.1) is 0 Å². The van der Waals surface area contributed by atoms with Crippen LogP contribution in [0.4, 0.5) is 5.69 Å². The van der Waals surface area contributed by atoms with Crippen LogP contribution < -0.4 is 14.9 Å². The van der Waals surface area contributed by atoms with Crippen molar-refractivity contribution >= 4 is 49.9 Å². The van der Waals surface area contributed by atoms with Crippen LogP contribution in [-0.2, 0) is 26.2 Å². The number of anilines is 1. The minimum atomic E-state index is -3.75. The van der Waals surface area contributed by atoms with Gasteiger partial charge in [0.25, 0.3) is 0 Å². The van der Waals surface area contributed by atoms with Crippen LogP contribution in [0.15, 0.2) is 70.9 Å². The van der Waals surface area contributed by atoms with Crippen molar-refractivity contribution in [2.45, 2.75) is 75.5 Å². The lowest BCUT2D eigenvalue weighted by molar-refractivity contribution is -0.127. The molecule has 0 saturated heterocycles. The fourth-order valence-electron chi connectivity index (χ4n) is 5.05. The first-order chi connectivity index (χ1) is 19.8. The second-order valence-electron chi connectivity index (χ2n) is 10.3. The zero-order chi connectivity index (χ0) is 29.0. The molecular formula is C29H34N6O4S2. The van der Waals surface area contributed by atoms with E-state index >= 15 is 0 Å². The second-order valence-corrected chi connectivity index (χ2v) is 13.0. The van der Waals surface area contributed by atoms with E-state index in [1.54, 1.807) is 19.1 Å². The summed E-state index contributed by atoms with van der Waals surface area (Å²) in [6.45, 7) is 3.54. The Balaban J connectivity index is 1.53. The fourth-order valence-corrected chi connectivity index (χ4v) is 7.19. The first-order valence-corrected chi connectivity index (χ1v) is 16.2. The highest BCUT2D eigenvalue weighted by molar-refractivity contribution is 7.89. The first kappa shape index (κ1) is 28.9. The SMILES string of the molecule is CC[C@H](C)NS(=O)(=O)c1ccc(N(C(=O)Cn2nnc3ccccc32)[C@@H](C(=O)NC2CCCC2)c2cccs2)cc1. The van der Waals surface area contributed by atoms with E-state index in [2.05, 4.69) is 20.4 Å². The van der Waals surface area contributed by atoms with Gasteiger partial charge in [-0.2, -0.15) is 0 Å². The van der Waals surface area contributed by atoms with Crippen molar-refractivity contribution in [3.8, 4) is 0 Å². The van der Waals surface area contributed by atoms with E-state index in [1.807, 2.05) is 48.7 Å². The van der Waals surface area contributed by atoms with Gasteiger partial charge in [0.15, 0.2) is 0 Å². The number of aromatic nitrogens is 3. The van der Waals surface area contributed by atoms with E-state index in [-0.39, 0.29) is 35.3 Å². The number of hydrogen-bond donors (Lipinski definition) is 2. The number of carbonyl (C=O) groups is 2. The van der Waals surface area contributed by atoms with Crippen molar-refractivity contribution in [2.75, 3.05) is 4.90 Å². The largest absolute Gasteiger partial charge is 0.351 e. The van der Waals surface area contributed by atoms with Crippen LogP contribution in [0.5, 0.6) is 0 Å². The molecule has 0 radical (unpaired) electrons. The van der Waals surface area contributed by atoms with Crippen LogP contribution in [-0.4, -0.2) is 47.3 Å². The van der Waals surface area contributed by atoms with Gasteiger partial charge in [-0.25, -0.2) is 17.8 Å². The van der Waals surface area contributed by atoms with Crippen LogP contribution in [0.1, 0.15) is 56.9 Å². The molecule has 2 heterocycles. The summed E-state index contributed by atoms with van der Waals surface area (Å²) < 4.78 is 30.0. The van der Waals surface area contributed by atoms with E-state index in [4.69, 9.17) is 0 Å². The highest BCUT2D eigenvalue weighted by Crippen LogP contribution is 2.33. The number of fused-ring (bicyclic) bond motifs is 1. The Morgan fingerprint density at radius 2 is 1.80 bits per heavy atom. The number of hydrogen-bond acceptors (Lipinski definition) is 7. The Hall–Kier alpha value is -3.61. The molecule has 2 aromatic heterocycles. The molecule has 5 rings (SSSR count). The van der Waals surface area contributed by atoms with Gasteiger partial charge in [0.1, 0.15) is 18.1 Å². The zero-order valence-corrected chi connectivity index (χ0v) is 24.7. The Morgan fingerprint density at radius 1 is 1.07 bits per heavy atom. The predicted molar refractivity (Wildman–Crippen MR) is 159 cm³/mol. The Morgan fingerprint density at radius 3 is 2.49 bits per heavy atom. The van der Waals surface area contributed by atoms with Crippen molar-refractivity contribution in [1.29, 1.82) is 0 Å². The van der Waals surface area contributed by atoms with Crippen LogP contribution >= 0.6 is 11.3 Å². The molecule has 41 heavy (non-hydrogen) atoms. The number of para-hydroxylation sites is 1. The fraction of sp³-hybridized carbons (Fsp3) is 0.379. The second kappa shape index (κ2) is 12.5. The molecule has 0 spiro atoms. The third kappa shape index (κ3) is 6.50. The van der Waals surface area contributed by atoms with Crippen molar-refractivity contribution in [3.63, 3.8) is 0 Å². The van der Waals surface area contributed by atoms with Gasteiger partial charge in [-0.15, -0.1) is 16.4 Å². The molecular weight excluding hydrogens is 560 g/mol. The van der Waals surface area contributed by atoms with E-state index in [0.29, 0.717) is 28.0 Å². The molecule has 216 valence electrons. The number of benzene rings is 2. The lowest BCUT2D eigenvalue weighted by atomic mass is 10.1. The molecule has 10 nitrogen and oxygen atoms in total. The average Bonchev–Trinajstić information content (AvgIpc) is 3.75. The van der Waals surface area contributed by atoms with Crippen molar-refractivity contribution < 1.29 is 18.0 Å². The van der Waals surface area contributed by atoms with Gasteiger partial charge in [-0.05, 0) is 74.0 Å². The summed E-state index contributed by atoms with van der Waals surface area (Å²) in [5.41, 5.74) is 1.76. The standard InChI is InChI=1S/C29H34N6O4S2/c1-3-20(2)32-41(38,39)23-16-14-22(15-17-23)35(27(36)19-34-25-12-7-6-11-24(25)31-33-34)28(26-13-8-18-40-26)29(37)30-21-9-4-5-10-21/h6-8,11-18,20-21,28,32H,3-5,9-10,19H2,1-2H3,(H,30,37)/t20-,28+/m0/s1. The highest BCUT2D eigenvalue weighted by Gasteiger charge is 2.35. The summed E-state index contributed by atoms with van der Waals surface area (Å²) in [7, 11) is -3.75. The van der Waals surface area contributed by atoms with E-state index < -0.39 is 16.1 Å². The maximum Gasteiger partial charge on any atom is 0.249 e. The summed E-state index contributed by atoms with van der Waals surface area (Å²) in [6, 6.07) is 16.0. The lowest BCUT2D eigenvalue weighted by Crippen LogP contribution is -2.47. The predicted octanol–water partition coefficient (Wildman–Crippen LogP) is 4.40. The van der Waals surface area contributed by atoms with Gasteiger partial charge in [-0.3, -0.25) is 14.5 Å². The lowest BCUT2D eigenvalue weighted by Gasteiger charge is -2.31. The van der Waals surface area contributed by atoms with Crippen molar-refractivity contribution in [2.24, 2.45) is 0 Å². The summed E-state index contributed by atoms with van der Waals surface area (Å²) in [4.78, 5) is 30.2. The normalized spacial score (nSPS) is 15.6. The minimum Gasteiger partial charge on any atom is -0.351 e. The number of carbonyl (C=O) groups excluding carboxylic acids is 2. The quantitative estimate of drug-likeness (QED) is 0.265. The van der Waals surface area contributed by atoms with E-state index in [0.717, 1.165) is 25.7 Å². The topological polar surface area (TPSA) is 126 Å². The van der Waals surface area contributed by atoms with Crippen molar-refractivity contribution in [3.05, 3.63) is 70.9 Å². The van der Waals surface area contributed by atoms with Gasteiger partial charge >= 0.3 is 0 Å². The average molecular weight is 595 g/mol. The summed E-state index contributed by atoms with van der Waals surface area (Å²) in [5, 5.41) is 13.4. The molecule has 2 amide bonds. The molecule has 2 atom stereocenters. The molecule has 2 aromatic carbocycles. The smallest absolute Gasteiger partial charge is 0.249 e. The van der Waals surface area contributed by atoms with E-state index in [9.17, 15) is 18.0 Å². The molecule has 4 aromatic rings. The number of rotatable bonds is 11. The zero-order valence-electron chi connectivity index (χ0n) is 23.1. The third-order valence-corrected chi connectivity index (χ3v) is 9.92. The molecule has 2 N–H and O–H groups in total. The maximum atomic E-state index is 14.1. The Labute approximate surface area is 243 Å². The third-order valence-electron chi connectivity index (χ3n) is 7.39. The number of nitrogens with one attached hydrogen (secondary N) is 2. The van der Waals surface area contributed by atoms with Gasteiger partial charge in [0.2, 0.25) is 21.8 Å². The highest BCUT2D eigenvalue weighted by atomic mass is 32.2. The molecule has 1 aliphatic rings. The minimum absolute atomic E-state index is 0.0559. The maximum absolute atomic E-state index is 14.1. The Kier molecular flexibility index (Phi) is 8.81. The molecule has 1 saturated carbocycles. The number of nitrogens with zero attached hydrogens (tertiary/aromatic N) is 4. The summed E-state index contributed by atoms with van der Waals surface area (Å²) in [5.74, 6) is -0.653.